The molecule has 0 aliphatic rings. The first-order valence-corrected chi connectivity index (χ1v) is 5.63. The van der Waals surface area contributed by atoms with E-state index in [4.69, 9.17) is 5.26 Å². The zero-order valence-electron chi connectivity index (χ0n) is 8.19. The van der Waals surface area contributed by atoms with Gasteiger partial charge in [0.25, 0.3) is 0 Å². The van der Waals surface area contributed by atoms with E-state index in [1.54, 1.807) is 0 Å². The van der Waals surface area contributed by atoms with Crippen LogP contribution in [0.5, 0.6) is 0 Å². The maximum atomic E-state index is 12.3. The molecule has 1 aromatic heterocycles. The van der Waals surface area contributed by atoms with Crippen molar-refractivity contribution >= 4 is 9.84 Å². The van der Waals surface area contributed by atoms with Gasteiger partial charge in [-0.15, -0.1) is 0 Å². The van der Waals surface area contributed by atoms with Crippen LogP contribution in [-0.2, 0) is 16.0 Å². The first-order valence-electron chi connectivity index (χ1n) is 4.08. The third kappa shape index (κ3) is 2.62. The Hall–Kier alpha value is -1.88. The molecule has 0 spiro atoms. The molecule has 0 aromatic carbocycles. The minimum absolute atomic E-state index is 0.441. The van der Waals surface area contributed by atoms with Crippen LogP contribution in [0.1, 0.15) is 11.3 Å². The number of rotatable bonds is 2. The first-order chi connectivity index (χ1) is 7.72. The molecule has 0 radical (unpaired) electrons. The number of aromatic nitrogens is 1. The van der Waals surface area contributed by atoms with Gasteiger partial charge in [-0.25, -0.2) is 13.4 Å². The smallest absolute Gasteiger partial charge is 0.230 e. The third-order valence-electron chi connectivity index (χ3n) is 1.76. The number of nitriles is 1. The summed E-state index contributed by atoms with van der Waals surface area (Å²) in [5.74, 6) is 0. The molecule has 8 heteroatoms. The number of hydrogen-bond donors (Lipinski definition) is 0. The highest BCUT2D eigenvalue weighted by molar-refractivity contribution is 7.94. The van der Waals surface area contributed by atoms with Gasteiger partial charge in [-0.3, -0.25) is 0 Å². The normalized spacial score (nSPS) is 11.9. The van der Waals surface area contributed by atoms with E-state index in [1.165, 1.54) is 6.07 Å². The van der Waals surface area contributed by atoms with Crippen molar-refractivity contribution in [1.29, 1.82) is 5.26 Å². The van der Waals surface area contributed by atoms with Gasteiger partial charge in [-0.2, -0.15) is 18.4 Å². The molecule has 0 N–H and O–H groups in total. The van der Waals surface area contributed by atoms with Crippen molar-refractivity contribution in [3.8, 4) is 6.07 Å². The molecule has 0 bridgehead atoms. The highest BCUT2D eigenvalue weighted by atomic mass is 32.2. The van der Waals surface area contributed by atoms with Crippen molar-refractivity contribution in [3.63, 3.8) is 0 Å². The van der Waals surface area contributed by atoms with Gasteiger partial charge >= 0.3 is 6.18 Å². The summed E-state index contributed by atoms with van der Waals surface area (Å²) < 4.78 is 59.7. The lowest BCUT2D eigenvalue weighted by molar-refractivity contribution is -0.141. The largest absolute Gasteiger partial charge is 0.433 e. The molecule has 1 aromatic rings. The Balaban J connectivity index is 3.59. The van der Waals surface area contributed by atoms with Crippen molar-refractivity contribution < 1.29 is 21.6 Å². The summed E-state index contributed by atoms with van der Waals surface area (Å²) in [5.41, 5.74) is -1.84. The molecule has 1 heterocycles. The van der Waals surface area contributed by atoms with Crippen LogP contribution in [0, 0.1) is 11.3 Å². The minimum atomic E-state index is -4.78. The van der Waals surface area contributed by atoms with E-state index in [1.807, 2.05) is 0 Å². The van der Waals surface area contributed by atoms with Crippen molar-refractivity contribution in [2.45, 2.75) is 11.2 Å². The summed E-state index contributed by atoms with van der Waals surface area (Å²) in [6.07, 6.45) is -4.78. The average Bonchev–Trinajstić information content (AvgIpc) is 2.27. The van der Waals surface area contributed by atoms with Crippen molar-refractivity contribution in [2.24, 2.45) is 0 Å². The molecule has 1 rings (SSSR count). The fourth-order valence-electron chi connectivity index (χ4n) is 0.979. The zero-order chi connectivity index (χ0) is 13.3. The number of alkyl halides is 3. The number of pyridine rings is 1. The summed E-state index contributed by atoms with van der Waals surface area (Å²) >= 11 is 0. The average molecular weight is 262 g/mol. The standard InChI is InChI=1S/C9H5F3N2O2S/c1-2-17(15,16)8-6(5-13)3-4-7(14-8)9(10,11)12/h2-4H,1H2. The number of sulfone groups is 1. The van der Waals surface area contributed by atoms with Crippen LogP contribution in [0.3, 0.4) is 0 Å². The number of nitrogens with zero attached hydrogens (tertiary/aromatic N) is 2. The van der Waals surface area contributed by atoms with Crippen LogP contribution < -0.4 is 0 Å². The summed E-state index contributed by atoms with van der Waals surface area (Å²) in [4.78, 5) is 2.95. The first kappa shape index (κ1) is 13.2. The second-order valence-electron chi connectivity index (χ2n) is 2.87. The van der Waals surface area contributed by atoms with Gasteiger partial charge < -0.3 is 0 Å². The van der Waals surface area contributed by atoms with E-state index < -0.39 is 32.3 Å². The molecular formula is C9H5F3N2O2S. The van der Waals surface area contributed by atoms with Gasteiger partial charge in [0.05, 0.1) is 5.56 Å². The lowest BCUT2D eigenvalue weighted by Crippen LogP contribution is -2.12. The quantitative estimate of drug-likeness (QED) is 0.816. The van der Waals surface area contributed by atoms with Crippen LogP contribution in [0.25, 0.3) is 0 Å². The number of hydrogen-bond acceptors (Lipinski definition) is 4. The molecule has 90 valence electrons. The molecule has 0 amide bonds. The molecular weight excluding hydrogens is 257 g/mol. The Morgan fingerprint density at radius 1 is 1.41 bits per heavy atom. The van der Waals surface area contributed by atoms with Crippen LogP contribution >= 0.6 is 0 Å². The van der Waals surface area contributed by atoms with Crippen LogP contribution in [0.4, 0.5) is 13.2 Å². The Labute approximate surface area is 94.9 Å². The van der Waals surface area contributed by atoms with Crippen molar-refractivity contribution in [1.82, 2.24) is 4.98 Å². The highest BCUT2D eigenvalue weighted by Crippen LogP contribution is 2.29. The third-order valence-corrected chi connectivity index (χ3v) is 3.05. The Bertz CT molecular complexity index is 600. The van der Waals surface area contributed by atoms with E-state index in [-0.39, 0.29) is 0 Å². The number of halogens is 3. The molecule has 0 fully saturated rings. The van der Waals surface area contributed by atoms with Gasteiger partial charge in [-0.1, -0.05) is 6.58 Å². The molecule has 0 aliphatic carbocycles. The van der Waals surface area contributed by atoms with Gasteiger partial charge in [0.1, 0.15) is 11.8 Å². The van der Waals surface area contributed by atoms with Gasteiger partial charge in [-0.05, 0) is 12.1 Å². The molecule has 0 atom stereocenters. The Morgan fingerprint density at radius 2 is 2.00 bits per heavy atom. The lowest BCUT2D eigenvalue weighted by atomic mass is 10.2. The predicted octanol–water partition coefficient (Wildman–Crippen LogP) is 1.89. The van der Waals surface area contributed by atoms with Gasteiger partial charge in [0.2, 0.25) is 9.84 Å². The van der Waals surface area contributed by atoms with Crippen LogP contribution in [-0.4, -0.2) is 13.4 Å². The zero-order valence-corrected chi connectivity index (χ0v) is 9.01. The van der Waals surface area contributed by atoms with E-state index in [0.29, 0.717) is 11.5 Å². The summed E-state index contributed by atoms with van der Waals surface area (Å²) in [6, 6.07) is 2.76. The maximum absolute atomic E-state index is 12.3. The monoisotopic (exact) mass is 262 g/mol. The fraction of sp³-hybridized carbons (Fsp3) is 0.111. The summed E-state index contributed by atoms with van der Waals surface area (Å²) in [5, 5.41) is 8.10. The Kier molecular flexibility index (Phi) is 3.24. The highest BCUT2D eigenvalue weighted by Gasteiger charge is 2.34. The molecule has 17 heavy (non-hydrogen) atoms. The maximum Gasteiger partial charge on any atom is 0.433 e. The second kappa shape index (κ2) is 4.18. The fourth-order valence-corrected chi connectivity index (χ4v) is 1.78. The van der Waals surface area contributed by atoms with E-state index in [2.05, 4.69) is 11.6 Å². The molecule has 0 saturated heterocycles. The van der Waals surface area contributed by atoms with Crippen molar-refractivity contribution in [3.05, 3.63) is 35.4 Å². The van der Waals surface area contributed by atoms with Gasteiger partial charge in [0.15, 0.2) is 5.03 Å². The van der Waals surface area contributed by atoms with E-state index >= 15 is 0 Å². The molecule has 0 unspecified atom stereocenters. The van der Waals surface area contributed by atoms with Crippen molar-refractivity contribution in [2.75, 3.05) is 0 Å². The summed E-state index contributed by atoms with van der Waals surface area (Å²) in [6.45, 7) is 2.96. The topological polar surface area (TPSA) is 70.8 Å². The molecule has 4 nitrogen and oxygen atoms in total. The SMILES string of the molecule is C=CS(=O)(=O)c1nc(C(F)(F)F)ccc1C#N. The lowest BCUT2D eigenvalue weighted by Gasteiger charge is -2.07. The second-order valence-corrected chi connectivity index (χ2v) is 4.68. The molecule has 0 aliphatic heterocycles. The minimum Gasteiger partial charge on any atom is -0.230 e. The summed E-state index contributed by atoms with van der Waals surface area (Å²) in [7, 11) is -4.19. The predicted molar refractivity (Wildman–Crippen MR) is 51.3 cm³/mol. The van der Waals surface area contributed by atoms with Crippen LogP contribution in [0.2, 0.25) is 0 Å². The van der Waals surface area contributed by atoms with E-state index in [9.17, 15) is 21.6 Å². The Morgan fingerprint density at radius 3 is 2.41 bits per heavy atom. The van der Waals surface area contributed by atoms with Crippen LogP contribution in [0.15, 0.2) is 29.1 Å². The van der Waals surface area contributed by atoms with E-state index in [0.717, 1.165) is 6.07 Å². The molecule has 0 saturated carbocycles. The van der Waals surface area contributed by atoms with Gasteiger partial charge in [0, 0.05) is 5.41 Å².